The van der Waals surface area contributed by atoms with Crippen molar-refractivity contribution in [1.29, 1.82) is 0 Å². The first-order valence-corrected chi connectivity index (χ1v) is 15.7. The summed E-state index contributed by atoms with van der Waals surface area (Å²) in [6, 6.07) is 2.60. The van der Waals surface area contributed by atoms with Gasteiger partial charge in [-0.05, 0) is 50.0 Å². The first kappa shape index (κ1) is 27.6. The molecule has 2 unspecified atom stereocenters. The number of halogens is 1. The summed E-state index contributed by atoms with van der Waals surface area (Å²) in [5, 5.41) is 5.50. The molecule has 2 N–H and O–H groups in total. The SMILES string of the molecule is Clc1c[nH]c2ncc(NC3C/C=C\CCCC(CC4CCCCCCCCCC4)CCCCC3)cc12. The number of aromatic amines is 1. The zero-order valence-electron chi connectivity index (χ0n) is 22.6. The molecule has 36 heavy (non-hydrogen) atoms. The van der Waals surface area contributed by atoms with Crippen molar-refractivity contribution in [1.82, 2.24) is 9.97 Å². The van der Waals surface area contributed by atoms with Crippen LogP contribution in [0.3, 0.4) is 0 Å². The van der Waals surface area contributed by atoms with Gasteiger partial charge in [0.1, 0.15) is 5.65 Å². The Hall–Kier alpha value is -1.48. The molecule has 0 saturated heterocycles. The molecular formula is C32H50ClN3. The van der Waals surface area contributed by atoms with Gasteiger partial charge in [0.25, 0.3) is 0 Å². The highest BCUT2D eigenvalue weighted by Crippen LogP contribution is 2.32. The number of rotatable bonds is 4. The molecule has 2 atom stereocenters. The van der Waals surface area contributed by atoms with Crippen LogP contribution in [0.15, 0.2) is 30.6 Å². The van der Waals surface area contributed by atoms with Gasteiger partial charge in [0.15, 0.2) is 0 Å². The van der Waals surface area contributed by atoms with Crippen LogP contribution in [0, 0.1) is 11.8 Å². The minimum atomic E-state index is 0.460. The number of anilines is 1. The summed E-state index contributed by atoms with van der Waals surface area (Å²) in [4.78, 5) is 7.68. The van der Waals surface area contributed by atoms with Gasteiger partial charge in [0.2, 0.25) is 0 Å². The second-order valence-corrected chi connectivity index (χ2v) is 12.2. The maximum absolute atomic E-state index is 6.32. The van der Waals surface area contributed by atoms with E-state index in [2.05, 4.69) is 33.5 Å². The lowest BCUT2D eigenvalue weighted by molar-refractivity contribution is 0.286. The van der Waals surface area contributed by atoms with Gasteiger partial charge in [-0.3, -0.25) is 0 Å². The number of allylic oxidation sites excluding steroid dienone is 1. The van der Waals surface area contributed by atoms with Gasteiger partial charge in [-0.25, -0.2) is 4.98 Å². The zero-order chi connectivity index (χ0) is 24.8. The number of nitrogens with zero attached hydrogens (tertiary/aromatic N) is 1. The third kappa shape index (κ3) is 9.43. The fourth-order valence-corrected chi connectivity index (χ4v) is 6.79. The summed E-state index contributed by atoms with van der Waals surface area (Å²) < 4.78 is 0. The highest BCUT2D eigenvalue weighted by Gasteiger charge is 2.17. The summed E-state index contributed by atoms with van der Waals surface area (Å²) in [6.07, 6.45) is 36.8. The summed E-state index contributed by atoms with van der Waals surface area (Å²) in [6.45, 7) is 0. The number of nitrogens with one attached hydrogen (secondary N) is 2. The van der Waals surface area contributed by atoms with Crippen LogP contribution in [0.4, 0.5) is 5.69 Å². The molecule has 3 nitrogen and oxygen atoms in total. The lowest BCUT2D eigenvalue weighted by atomic mass is 9.82. The van der Waals surface area contributed by atoms with Crippen LogP contribution in [0.5, 0.6) is 0 Å². The van der Waals surface area contributed by atoms with Crippen LogP contribution in [-0.2, 0) is 0 Å². The number of H-pyrrole nitrogens is 1. The molecule has 0 spiro atoms. The van der Waals surface area contributed by atoms with Gasteiger partial charge in [0, 0.05) is 17.6 Å². The first-order valence-electron chi connectivity index (χ1n) is 15.3. The predicted octanol–water partition coefficient (Wildman–Crippen LogP) is 10.6. The van der Waals surface area contributed by atoms with E-state index in [0.29, 0.717) is 6.04 Å². The molecule has 2 aliphatic carbocycles. The lowest BCUT2D eigenvalue weighted by Crippen LogP contribution is -2.18. The molecule has 1 fully saturated rings. The molecule has 200 valence electrons. The van der Waals surface area contributed by atoms with Gasteiger partial charge in [0.05, 0.1) is 16.9 Å². The van der Waals surface area contributed by atoms with Crippen LogP contribution >= 0.6 is 11.6 Å². The Labute approximate surface area is 225 Å². The first-order chi connectivity index (χ1) is 17.8. The normalized spacial score (nSPS) is 25.7. The van der Waals surface area contributed by atoms with E-state index in [1.54, 1.807) is 0 Å². The monoisotopic (exact) mass is 511 g/mol. The van der Waals surface area contributed by atoms with Crippen LogP contribution in [-0.4, -0.2) is 16.0 Å². The molecule has 0 aromatic carbocycles. The van der Waals surface area contributed by atoms with Crippen molar-refractivity contribution in [3.05, 3.63) is 35.6 Å². The molecule has 4 heteroatoms. The predicted molar refractivity (Wildman–Crippen MR) is 157 cm³/mol. The van der Waals surface area contributed by atoms with E-state index in [9.17, 15) is 0 Å². The van der Waals surface area contributed by atoms with Crippen molar-refractivity contribution in [2.45, 2.75) is 134 Å². The third-order valence-corrected chi connectivity index (χ3v) is 9.04. The van der Waals surface area contributed by atoms with Gasteiger partial charge < -0.3 is 10.3 Å². The molecule has 2 heterocycles. The number of hydrogen-bond acceptors (Lipinski definition) is 2. The van der Waals surface area contributed by atoms with Gasteiger partial charge in [-0.2, -0.15) is 0 Å². The second-order valence-electron chi connectivity index (χ2n) is 11.7. The maximum Gasteiger partial charge on any atom is 0.138 e. The lowest BCUT2D eigenvalue weighted by Gasteiger charge is -2.24. The Morgan fingerprint density at radius 1 is 0.778 bits per heavy atom. The van der Waals surface area contributed by atoms with E-state index in [1.807, 2.05) is 12.4 Å². The molecule has 0 aliphatic heterocycles. The molecule has 1 saturated carbocycles. The second kappa shape index (κ2) is 15.7. The highest BCUT2D eigenvalue weighted by molar-refractivity contribution is 6.35. The minimum Gasteiger partial charge on any atom is -0.381 e. The molecule has 2 aromatic rings. The van der Waals surface area contributed by atoms with Gasteiger partial charge >= 0.3 is 0 Å². The van der Waals surface area contributed by atoms with Crippen LogP contribution in [0.25, 0.3) is 11.0 Å². The Kier molecular flexibility index (Phi) is 12.0. The average Bonchev–Trinajstić information content (AvgIpc) is 3.23. The van der Waals surface area contributed by atoms with E-state index >= 15 is 0 Å². The van der Waals surface area contributed by atoms with Crippen molar-refractivity contribution >= 4 is 28.3 Å². The van der Waals surface area contributed by atoms with Crippen molar-refractivity contribution in [2.24, 2.45) is 11.8 Å². The van der Waals surface area contributed by atoms with Crippen molar-refractivity contribution in [3.8, 4) is 0 Å². The van der Waals surface area contributed by atoms with E-state index in [-0.39, 0.29) is 0 Å². The fraction of sp³-hybridized carbons (Fsp3) is 0.719. The average molecular weight is 512 g/mol. The largest absolute Gasteiger partial charge is 0.381 e. The smallest absolute Gasteiger partial charge is 0.138 e. The van der Waals surface area contributed by atoms with Crippen LogP contribution in [0.2, 0.25) is 5.02 Å². The van der Waals surface area contributed by atoms with Crippen molar-refractivity contribution < 1.29 is 0 Å². The summed E-state index contributed by atoms with van der Waals surface area (Å²) in [5.74, 6) is 1.94. The highest BCUT2D eigenvalue weighted by atomic mass is 35.5. The number of hydrogen-bond donors (Lipinski definition) is 2. The molecular weight excluding hydrogens is 462 g/mol. The van der Waals surface area contributed by atoms with E-state index in [0.717, 1.165) is 40.0 Å². The molecule has 0 bridgehead atoms. The Balaban J connectivity index is 1.27. The Bertz CT molecular complexity index is 892. The summed E-state index contributed by atoms with van der Waals surface area (Å²) in [5.41, 5.74) is 1.93. The number of aromatic nitrogens is 2. The fourth-order valence-electron chi connectivity index (χ4n) is 6.60. The standard InChI is InChI=1S/C32H50ClN3/c33-31-25-35-32-30(31)23-29(24-34-32)36-28-20-14-8-7-12-18-27(19-13-9-15-21-28)22-26-16-10-5-3-1-2-4-6-11-17-26/h8,14,23-28,36H,1-7,9-13,15-22H2,(H,34,35)/b14-8-. The zero-order valence-corrected chi connectivity index (χ0v) is 23.3. The van der Waals surface area contributed by atoms with Crippen molar-refractivity contribution in [3.63, 3.8) is 0 Å². The van der Waals surface area contributed by atoms with E-state index < -0.39 is 0 Å². The van der Waals surface area contributed by atoms with Gasteiger partial charge in [-0.15, -0.1) is 0 Å². The Morgan fingerprint density at radius 3 is 2.11 bits per heavy atom. The summed E-state index contributed by atoms with van der Waals surface area (Å²) in [7, 11) is 0. The van der Waals surface area contributed by atoms with Crippen LogP contribution < -0.4 is 5.32 Å². The number of fused-ring (bicyclic) bond motifs is 1. The molecule has 4 rings (SSSR count). The van der Waals surface area contributed by atoms with E-state index in [4.69, 9.17) is 11.6 Å². The number of pyridine rings is 1. The molecule has 2 aliphatic rings. The molecule has 0 amide bonds. The Morgan fingerprint density at radius 2 is 1.39 bits per heavy atom. The van der Waals surface area contributed by atoms with Crippen molar-refractivity contribution in [2.75, 3.05) is 5.32 Å². The molecule has 2 aromatic heterocycles. The van der Waals surface area contributed by atoms with Gasteiger partial charge in [-0.1, -0.05) is 120 Å². The quantitative estimate of drug-likeness (QED) is 0.400. The molecule has 0 radical (unpaired) electrons. The van der Waals surface area contributed by atoms with E-state index in [1.165, 1.54) is 122 Å². The third-order valence-electron chi connectivity index (χ3n) is 8.73. The topological polar surface area (TPSA) is 40.7 Å². The van der Waals surface area contributed by atoms with Crippen LogP contribution in [0.1, 0.15) is 128 Å². The minimum absolute atomic E-state index is 0.460. The maximum atomic E-state index is 6.32. The summed E-state index contributed by atoms with van der Waals surface area (Å²) >= 11 is 6.32.